The van der Waals surface area contributed by atoms with Crippen LogP contribution >= 0.6 is 0 Å². The molecule has 1 saturated heterocycles. The van der Waals surface area contributed by atoms with E-state index in [9.17, 15) is 36.6 Å². The van der Waals surface area contributed by atoms with E-state index in [0.29, 0.717) is 5.75 Å². The second-order valence-electron chi connectivity index (χ2n) is 12.5. The summed E-state index contributed by atoms with van der Waals surface area (Å²) < 4.78 is 63.5. The normalized spacial score (nSPS) is 26.2. The molecular formula is C31H37F6N5O6. The Bertz CT molecular complexity index is 1490. The van der Waals surface area contributed by atoms with Gasteiger partial charge in [0, 0.05) is 29.7 Å². The lowest BCUT2D eigenvalue weighted by Crippen LogP contribution is -2.74. The third-order valence-electron chi connectivity index (χ3n) is 9.31. The number of nitrogens with zero attached hydrogens (tertiary/aromatic N) is 2. The topological polar surface area (TPSA) is 195 Å². The van der Waals surface area contributed by atoms with E-state index in [4.69, 9.17) is 31.3 Å². The third kappa shape index (κ3) is 8.24. The number of aliphatic imine (C=N–C) groups is 1. The van der Waals surface area contributed by atoms with Crippen LogP contribution in [0.15, 0.2) is 47.5 Å². The third-order valence-corrected chi connectivity index (χ3v) is 9.31. The zero-order chi connectivity index (χ0) is 35.7. The molecule has 3 fully saturated rings. The summed E-state index contributed by atoms with van der Waals surface area (Å²) in [5.41, 5.74) is 14.1. The van der Waals surface area contributed by atoms with Crippen molar-refractivity contribution in [2.45, 2.75) is 80.4 Å². The van der Waals surface area contributed by atoms with Crippen molar-refractivity contribution in [2.75, 3.05) is 18.4 Å². The maximum absolute atomic E-state index is 12.4. The lowest BCUT2D eigenvalue weighted by molar-refractivity contribution is -0.193. The molecule has 11 nitrogen and oxygen atoms in total. The number of aliphatic hydroxyl groups is 1. The van der Waals surface area contributed by atoms with Crippen LogP contribution in [0.25, 0.3) is 0 Å². The summed E-state index contributed by atoms with van der Waals surface area (Å²) in [6, 6.07) is 14.0. The van der Waals surface area contributed by atoms with Crippen molar-refractivity contribution < 1.29 is 56.4 Å². The summed E-state index contributed by atoms with van der Waals surface area (Å²) in [5, 5.41) is 40.8. The van der Waals surface area contributed by atoms with Crippen LogP contribution in [0, 0.1) is 5.92 Å². The van der Waals surface area contributed by atoms with Crippen molar-refractivity contribution in [3.63, 3.8) is 0 Å². The first-order chi connectivity index (χ1) is 22.2. The zero-order valence-corrected chi connectivity index (χ0v) is 25.6. The molecule has 48 heavy (non-hydrogen) atoms. The van der Waals surface area contributed by atoms with Crippen LogP contribution in [-0.2, 0) is 21.4 Å². The highest BCUT2D eigenvalue weighted by molar-refractivity contribution is 5.79. The average Bonchev–Trinajstić information content (AvgIpc) is 3.80. The number of phenols is 1. The number of carboxylic acid groups (broad SMARTS) is 2. The Kier molecular flexibility index (Phi) is 10.4. The smallest absolute Gasteiger partial charge is 0.490 e. The van der Waals surface area contributed by atoms with E-state index < -0.39 is 29.9 Å². The fourth-order valence-electron chi connectivity index (χ4n) is 7.09. The van der Waals surface area contributed by atoms with Crippen LogP contribution < -0.4 is 16.8 Å². The van der Waals surface area contributed by atoms with Crippen LogP contribution in [0.2, 0.25) is 0 Å². The van der Waals surface area contributed by atoms with Crippen molar-refractivity contribution in [2.24, 2.45) is 22.4 Å². The van der Waals surface area contributed by atoms with E-state index in [-0.39, 0.29) is 23.5 Å². The molecule has 2 aromatic rings. The average molecular weight is 690 g/mol. The number of hydrogen-bond acceptors (Lipinski definition) is 7. The van der Waals surface area contributed by atoms with Crippen LogP contribution in [0.3, 0.4) is 0 Å². The van der Waals surface area contributed by atoms with Crippen molar-refractivity contribution in [1.82, 2.24) is 4.90 Å². The molecule has 264 valence electrons. The number of rotatable bonds is 5. The number of hydrogen-bond donors (Lipinski definition) is 7. The molecule has 2 saturated carbocycles. The number of fused-ring (bicyclic) bond motifs is 1. The Balaban J connectivity index is 0.000000314. The molecule has 1 heterocycles. The maximum atomic E-state index is 12.4. The molecule has 2 aromatic carbocycles. The standard InChI is InChI=1S/C27H35N5O2.2C2HF3O2/c28-25(29)31-20-6-4-19(5-7-20)30-21-9-10-27(34)24-13-18-3-8-22(33)14-23(18)26(27,15-21)11-12-32(24)16-17-1-2-17;2*3-2(4,5)1(6)7/h3-8,14,17,21,24,30,33-34H,1-2,9-13,15-16H2,(H4,28,29,31);2*(H,6,7)/t21-,24-,26-,27-;;/m1../s1. The van der Waals surface area contributed by atoms with Gasteiger partial charge in [-0.1, -0.05) is 6.07 Å². The molecular weight excluding hydrogens is 652 g/mol. The quantitative estimate of drug-likeness (QED) is 0.136. The minimum Gasteiger partial charge on any atom is -0.508 e. The van der Waals surface area contributed by atoms with Gasteiger partial charge >= 0.3 is 24.3 Å². The molecule has 4 aliphatic rings. The summed E-state index contributed by atoms with van der Waals surface area (Å²) in [6.45, 7) is 2.12. The summed E-state index contributed by atoms with van der Waals surface area (Å²) in [5.74, 6) is -4.37. The zero-order valence-electron chi connectivity index (χ0n) is 25.6. The van der Waals surface area contributed by atoms with E-state index >= 15 is 0 Å². The van der Waals surface area contributed by atoms with Gasteiger partial charge in [0.15, 0.2) is 5.96 Å². The highest BCUT2D eigenvalue weighted by atomic mass is 19.4. The number of aromatic hydroxyl groups is 1. The monoisotopic (exact) mass is 689 g/mol. The number of guanidine groups is 1. The van der Waals surface area contributed by atoms with Gasteiger partial charge in [-0.3, -0.25) is 4.90 Å². The van der Waals surface area contributed by atoms with Crippen LogP contribution in [0.5, 0.6) is 5.75 Å². The fourth-order valence-corrected chi connectivity index (χ4v) is 7.09. The lowest BCUT2D eigenvalue weighted by Gasteiger charge is -2.65. The predicted octanol–water partition coefficient (Wildman–Crippen LogP) is 4.24. The lowest BCUT2D eigenvalue weighted by atomic mass is 9.49. The van der Waals surface area contributed by atoms with E-state index in [1.54, 1.807) is 6.07 Å². The number of carbonyl (C=O) groups is 2. The molecule has 0 radical (unpaired) electrons. The molecule has 0 amide bonds. The number of aliphatic carboxylic acids is 2. The minimum atomic E-state index is -5.08. The number of piperidine rings is 1. The number of phenolic OH excluding ortho intramolecular Hbond substituents is 1. The van der Waals surface area contributed by atoms with Crippen molar-refractivity contribution in [3.8, 4) is 5.75 Å². The second-order valence-corrected chi connectivity index (χ2v) is 12.5. The Hall–Kier alpha value is -4.25. The van der Waals surface area contributed by atoms with E-state index in [2.05, 4.69) is 21.3 Å². The number of alkyl halides is 6. The Morgan fingerprint density at radius 1 is 0.938 bits per heavy atom. The van der Waals surface area contributed by atoms with Gasteiger partial charge in [-0.2, -0.15) is 26.3 Å². The Labute approximate surface area is 271 Å². The summed E-state index contributed by atoms with van der Waals surface area (Å²) >= 11 is 0. The largest absolute Gasteiger partial charge is 0.508 e. The predicted molar refractivity (Wildman–Crippen MR) is 162 cm³/mol. The van der Waals surface area contributed by atoms with E-state index in [1.165, 1.54) is 18.4 Å². The first kappa shape index (κ1) is 36.6. The van der Waals surface area contributed by atoms with Crippen molar-refractivity contribution in [3.05, 3.63) is 53.6 Å². The molecule has 9 N–H and O–H groups in total. The van der Waals surface area contributed by atoms with Gasteiger partial charge in [0.1, 0.15) is 5.75 Å². The molecule has 4 atom stereocenters. The number of benzene rings is 2. The van der Waals surface area contributed by atoms with Gasteiger partial charge in [0.25, 0.3) is 0 Å². The summed E-state index contributed by atoms with van der Waals surface area (Å²) in [4.78, 5) is 24.5. The van der Waals surface area contributed by atoms with Gasteiger partial charge in [0.05, 0.1) is 11.3 Å². The van der Waals surface area contributed by atoms with Crippen LogP contribution in [0.4, 0.5) is 37.7 Å². The van der Waals surface area contributed by atoms with Crippen LogP contribution in [0.1, 0.15) is 49.7 Å². The van der Waals surface area contributed by atoms with Crippen LogP contribution in [-0.4, -0.2) is 86.4 Å². The van der Waals surface area contributed by atoms with Gasteiger partial charge in [-0.25, -0.2) is 14.6 Å². The number of likely N-dealkylation sites (tertiary alicyclic amines) is 1. The highest BCUT2D eigenvalue weighted by Gasteiger charge is 2.64. The Morgan fingerprint density at radius 3 is 2.04 bits per heavy atom. The number of carboxylic acids is 2. The molecule has 1 aliphatic heterocycles. The summed E-state index contributed by atoms with van der Waals surface area (Å²) in [6.07, 6.45) is -3.21. The number of nitrogens with one attached hydrogen (secondary N) is 1. The van der Waals surface area contributed by atoms with Gasteiger partial charge < -0.3 is 37.2 Å². The Morgan fingerprint density at radius 2 is 1.52 bits per heavy atom. The van der Waals surface area contributed by atoms with Crippen molar-refractivity contribution >= 4 is 29.3 Å². The fraction of sp³-hybridized carbons (Fsp3) is 0.516. The van der Waals surface area contributed by atoms with Crippen molar-refractivity contribution in [1.29, 1.82) is 0 Å². The number of nitrogens with two attached hydrogens (primary N) is 2. The molecule has 0 aromatic heterocycles. The minimum absolute atomic E-state index is 0.0492. The van der Waals surface area contributed by atoms with E-state index in [1.807, 2.05) is 30.3 Å². The number of halogens is 6. The molecule has 0 spiro atoms. The molecule has 2 bridgehead atoms. The molecule has 3 aliphatic carbocycles. The van der Waals surface area contributed by atoms with E-state index in [0.717, 1.165) is 68.0 Å². The second kappa shape index (κ2) is 13.7. The van der Waals surface area contributed by atoms with Gasteiger partial charge in [-0.05, 0) is 105 Å². The number of anilines is 1. The molecule has 6 rings (SSSR count). The first-order valence-corrected chi connectivity index (χ1v) is 15.1. The molecule has 0 unspecified atom stereocenters. The first-order valence-electron chi connectivity index (χ1n) is 15.1. The maximum Gasteiger partial charge on any atom is 0.490 e. The molecule has 17 heteroatoms. The van der Waals surface area contributed by atoms with Gasteiger partial charge in [-0.15, -0.1) is 0 Å². The van der Waals surface area contributed by atoms with Gasteiger partial charge in [0.2, 0.25) is 0 Å². The summed E-state index contributed by atoms with van der Waals surface area (Å²) in [7, 11) is 0. The highest BCUT2D eigenvalue weighted by Crippen LogP contribution is 2.59. The SMILES string of the molecule is NC(N)=Nc1ccc(N[C@@H]2CC[C@@]3(O)[C@H]4Cc5ccc(O)cc5[C@@]3(CCN4CC3CC3)C2)cc1.O=C(O)C(F)(F)F.O=C(O)C(F)(F)F.